The molecule has 0 aromatic heterocycles. The maximum absolute atomic E-state index is 6.04. The fourth-order valence-electron chi connectivity index (χ4n) is 1.83. The average molecular weight is 263 g/mol. The van der Waals surface area contributed by atoms with Crippen LogP contribution < -0.4 is 0 Å². The molecule has 2 aromatic rings. The molecular weight excluding hydrogens is 251 g/mol. The minimum absolute atomic E-state index is 0.144. The molecule has 0 amide bonds. The third kappa shape index (κ3) is 2.71. The molecule has 0 aliphatic rings. The largest absolute Gasteiger partial charge is 0.102 e. The zero-order valence-corrected chi connectivity index (χ0v) is 10.7. The van der Waals surface area contributed by atoms with Crippen molar-refractivity contribution in [3.63, 3.8) is 0 Å². The zero-order chi connectivity index (χ0) is 12.3. The van der Waals surface area contributed by atoms with E-state index in [-0.39, 0.29) is 5.92 Å². The topological polar surface area (TPSA) is 0 Å². The molecular formula is C15H12Cl2. The Kier molecular flexibility index (Phi) is 3.88. The van der Waals surface area contributed by atoms with Crippen molar-refractivity contribution in [1.29, 1.82) is 0 Å². The van der Waals surface area contributed by atoms with E-state index in [1.165, 1.54) is 5.56 Å². The van der Waals surface area contributed by atoms with E-state index in [4.69, 9.17) is 23.2 Å². The summed E-state index contributed by atoms with van der Waals surface area (Å²) in [6.07, 6.45) is 1.91. The van der Waals surface area contributed by atoms with E-state index in [0.29, 0.717) is 10.0 Å². The monoisotopic (exact) mass is 262 g/mol. The summed E-state index contributed by atoms with van der Waals surface area (Å²) >= 11 is 12.0. The van der Waals surface area contributed by atoms with Crippen LogP contribution >= 0.6 is 23.2 Å². The molecule has 2 heteroatoms. The van der Waals surface area contributed by atoms with Gasteiger partial charge >= 0.3 is 0 Å². The Labute approximate surface area is 112 Å². The molecule has 0 N–H and O–H groups in total. The van der Waals surface area contributed by atoms with Crippen LogP contribution in [0.1, 0.15) is 17.0 Å². The molecule has 0 unspecified atom stereocenters. The van der Waals surface area contributed by atoms with Crippen LogP contribution in [0.15, 0.2) is 61.2 Å². The second kappa shape index (κ2) is 5.39. The van der Waals surface area contributed by atoms with Crippen molar-refractivity contribution in [1.82, 2.24) is 0 Å². The van der Waals surface area contributed by atoms with Gasteiger partial charge in [0.25, 0.3) is 0 Å². The van der Waals surface area contributed by atoms with Gasteiger partial charge in [0, 0.05) is 5.92 Å². The summed E-state index contributed by atoms with van der Waals surface area (Å²) in [5.41, 5.74) is 2.29. The smallest absolute Gasteiger partial charge is 0.0595 e. The maximum atomic E-state index is 6.04. The highest BCUT2D eigenvalue weighted by atomic mass is 35.5. The van der Waals surface area contributed by atoms with Gasteiger partial charge in [-0.1, -0.05) is 65.7 Å². The Bertz CT molecular complexity index is 518. The molecule has 0 fully saturated rings. The summed E-state index contributed by atoms with van der Waals surface area (Å²) in [5, 5.41) is 1.15. The first-order valence-electron chi connectivity index (χ1n) is 5.35. The lowest BCUT2D eigenvalue weighted by molar-refractivity contribution is 1.03. The van der Waals surface area contributed by atoms with Crippen LogP contribution in [0.2, 0.25) is 10.0 Å². The van der Waals surface area contributed by atoms with Crippen LogP contribution in [0, 0.1) is 0 Å². The third-order valence-corrected chi connectivity index (χ3v) is 3.44. The van der Waals surface area contributed by atoms with E-state index in [1.807, 2.05) is 42.5 Å². The predicted molar refractivity (Wildman–Crippen MR) is 74.9 cm³/mol. The van der Waals surface area contributed by atoms with Crippen molar-refractivity contribution in [3.8, 4) is 0 Å². The summed E-state index contributed by atoms with van der Waals surface area (Å²) in [6.45, 7) is 3.89. The van der Waals surface area contributed by atoms with Crippen molar-refractivity contribution < 1.29 is 0 Å². The van der Waals surface area contributed by atoms with Gasteiger partial charge in [0.2, 0.25) is 0 Å². The number of halogens is 2. The Hall–Kier alpha value is -1.24. The van der Waals surface area contributed by atoms with Gasteiger partial charge in [-0.15, -0.1) is 6.58 Å². The minimum Gasteiger partial charge on any atom is -0.102 e. The van der Waals surface area contributed by atoms with E-state index in [9.17, 15) is 0 Å². The van der Waals surface area contributed by atoms with Crippen molar-refractivity contribution in [2.24, 2.45) is 0 Å². The normalized spacial score (nSPS) is 12.1. The number of hydrogen-bond acceptors (Lipinski definition) is 0. The number of hydrogen-bond donors (Lipinski definition) is 0. The molecule has 1 atom stereocenters. The fourth-order valence-corrected chi connectivity index (χ4v) is 2.14. The number of benzene rings is 2. The highest BCUT2D eigenvalue weighted by molar-refractivity contribution is 6.42. The van der Waals surface area contributed by atoms with Crippen LogP contribution in [0.3, 0.4) is 0 Å². The number of rotatable bonds is 3. The summed E-state index contributed by atoms with van der Waals surface area (Å²) in [6, 6.07) is 15.9. The molecule has 0 radical (unpaired) electrons. The molecule has 2 aromatic carbocycles. The molecule has 86 valence electrons. The Balaban J connectivity index is 2.42. The molecule has 0 saturated heterocycles. The maximum Gasteiger partial charge on any atom is 0.0595 e. The van der Waals surface area contributed by atoms with E-state index in [0.717, 1.165) is 5.56 Å². The Morgan fingerprint density at radius 3 is 2.18 bits per heavy atom. The first kappa shape index (κ1) is 12.2. The molecule has 0 saturated carbocycles. The minimum atomic E-state index is 0.144. The fraction of sp³-hybridized carbons (Fsp3) is 0.0667. The SMILES string of the molecule is C=C[C@H](c1ccccc1)c1ccc(Cl)c(Cl)c1. The second-order valence-electron chi connectivity index (χ2n) is 3.80. The van der Waals surface area contributed by atoms with Crippen LogP contribution in [0.4, 0.5) is 0 Å². The predicted octanol–water partition coefficient (Wildman–Crippen LogP) is 5.31. The van der Waals surface area contributed by atoms with Gasteiger partial charge in [-0.2, -0.15) is 0 Å². The van der Waals surface area contributed by atoms with Crippen molar-refractivity contribution >= 4 is 23.2 Å². The lowest BCUT2D eigenvalue weighted by atomic mass is 9.91. The van der Waals surface area contributed by atoms with Gasteiger partial charge in [0.15, 0.2) is 0 Å². The first-order valence-corrected chi connectivity index (χ1v) is 6.10. The van der Waals surface area contributed by atoms with Crippen LogP contribution in [-0.4, -0.2) is 0 Å². The lowest BCUT2D eigenvalue weighted by Crippen LogP contribution is -1.97. The second-order valence-corrected chi connectivity index (χ2v) is 4.61. The van der Waals surface area contributed by atoms with Crippen LogP contribution in [0.25, 0.3) is 0 Å². The molecule has 17 heavy (non-hydrogen) atoms. The van der Waals surface area contributed by atoms with Crippen LogP contribution in [0.5, 0.6) is 0 Å². The van der Waals surface area contributed by atoms with E-state index in [1.54, 1.807) is 0 Å². The number of allylic oxidation sites excluding steroid dienone is 1. The summed E-state index contributed by atoms with van der Waals surface area (Å²) in [7, 11) is 0. The standard InChI is InChI=1S/C15H12Cl2/c1-2-13(11-6-4-3-5-7-11)12-8-9-14(16)15(17)10-12/h2-10,13H,1H2/t13-/m1/s1. The summed E-state index contributed by atoms with van der Waals surface area (Å²) in [5.74, 6) is 0.144. The van der Waals surface area contributed by atoms with Crippen molar-refractivity contribution in [2.75, 3.05) is 0 Å². The quantitative estimate of drug-likeness (QED) is 0.658. The molecule has 0 aliphatic heterocycles. The van der Waals surface area contributed by atoms with Crippen molar-refractivity contribution in [3.05, 3.63) is 82.4 Å². The van der Waals surface area contributed by atoms with Gasteiger partial charge < -0.3 is 0 Å². The molecule has 2 rings (SSSR count). The molecule has 0 bridgehead atoms. The summed E-state index contributed by atoms with van der Waals surface area (Å²) in [4.78, 5) is 0. The van der Waals surface area contributed by atoms with Gasteiger partial charge in [0.1, 0.15) is 0 Å². The highest BCUT2D eigenvalue weighted by Gasteiger charge is 2.11. The average Bonchev–Trinajstić information content (AvgIpc) is 2.36. The van der Waals surface area contributed by atoms with Gasteiger partial charge in [-0.05, 0) is 23.3 Å². The van der Waals surface area contributed by atoms with E-state index in [2.05, 4.69) is 18.7 Å². The zero-order valence-electron chi connectivity index (χ0n) is 9.24. The molecule has 0 aliphatic carbocycles. The highest BCUT2D eigenvalue weighted by Crippen LogP contribution is 2.30. The van der Waals surface area contributed by atoms with Crippen molar-refractivity contribution in [2.45, 2.75) is 5.92 Å². The lowest BCUT2D eigenvalue weighted by Gasteiger charge is -2.14. The molecule has 0 nitrogen and oxygen atoms in total. The Morgan fingerprint density at radius 1 is 0.882 bits per heavy atom. The Morgan fingerprint density at radius 2 is 1.59 bits per heavy atom. The first-order chi connectivity index (χ1) is 8.22. The van der Waals surface area contributed by atoms with E-state index < -0.39 is 0 Å². The van der Waals surface area contributed by atoms with Gasteiger partial charge in [-0.3, -0.25) is 0 Å². The third-order valence-electron chi connectivity index (χ3n) is 2.70. The summed E-state index contributed by atoms with van der Waals surface area (Å²) < 4.78 is 0. The van der Waals surface area contributed by atoms with Gasteiger partial charge in [0.05, 0.1) is 10.0 Å². The van der Waals surface area contributed by atoms with Crippen LogP contribution in [-0.2, 0) is 0 Å². The van der Waals surface area contributed by atoms with E-state index >= 15 is 0 Å². The molecule has 0 spiro atoms. The van der Waals surface area contributed by atoms with Gasteiger partial charge in [-0.25, -0.2) is 0 Å². The molecule has 0 heterocycles.